The highest BCUT2D eigenvalue weighted by molar-refractivity contribution is 6.04. The lowest BCUT2D eigenvalue weighted by atomic mass is 10.2. The number of nitrogens with zero attached hydrogens (tertiary/aromatic N) is 2. The first-order chi connectivity index (χ1) is 11.1. The molecule has 2 aromatic rings. The van der Waals surface area contributed by atoms with E-state index in [9.17, 15) is 4.79 Å². The largest absolute Gasteiger partial charge is 0.497 e. The molecule has 0 saturated heterocycles. The molecule has 0 bridgehead atoms. The van der Waals surface area contributed by atoms with Crippen LogP contribution in [0.15, 0.2) is 42.6 Å². The summed E-state index contributed by atoms with van der Waals surface area (Å²) in [5.41, 5.74) is 1.26. The molecule has 5 nitrogen and oxygen atoms in total. The summed E-state index contributed by atoms with van der Waals surface area (Å²) in [6.45, 7) is 3.14. The Labute approximate surface area is 137 Å². The molecule has 2 rings (SSSR count). The minimum absolute atomic E-state index is 0.165. The molecule has 0 aliphatic carbocycles. The molecule has 5 heteroatoms. The monoisotopic (exact) mass is 313 g/mol. The second-order valence-corrected chi connectivity index (χ2v) is 5.36. The normalized spacial score (nSPS) is 10.2. The van der Waals surface area contributed by atoms with Crippen LogP contribution in [0.1, 0.15) is 30.1 Å². The number of rotatable bonds is 7. The number of pyridine rings is 1. The van der Waals surface area contributed by atoms with Crippen LogP contribution >= 0.6 is 0 Å². The fraction of sp³-hybridized carbons (Fsp3) is 0.333. The van der Waals surface area contributed by atoms with Crippen molar-refractivity contribution in [2.45, 2.75) is 19.8 Å². The van der Waals surface area contributed by atoms with Crippen molar-refractivity contribution >= 4 is 17.4 Å². The molecule has 1 aromatic carbocycles. The number of hydrogen-bond acceptors (Lipinski definition) is 4. The third kappa shape index (κ3) is 4.71. The number of aromatic nitrogens is 1. The predicted octanol–water partition coefficient (Wildman–Crippen LogP) is 3.58. The zero-order valence-electron chi connectivity index (χ0n) is 13.9. The van der Waals surface area contributed by atoms with E-state index in [1.165, 1.54) is 0 Å². The van der Waals surface area contributed by atoms with Gasteiger partial charge in [-0.15, -0.1) is 0 Å². The molecular weight excluding hydrogens is 290 g/mol. The predicted molar refractivity (Wildman–Crippen MR) is 93.4 cm³/mol. The lowest BCUT2D eigenvalue weighted by molar-refractivity contribution is 0.102. The smallest absolute Gasteiger partial charge is 0.255 e. The number of anilines is 2. The molecule has 1 heterocycles. The number of benzene rings is 1. The van der Waals surface area contributed by atoms with Crippen molar-refractivity contribution < 1.29 is 9.53 Å². The number of nitrogens with one attached hydrogen (secondary N) is 1. The van der Waals surface area contributed by atoms with Crippen LogP contribution in [0.3, 0.4) is 0 Å². The summed E-state index contributed by atoms with van der Waals surface area (Å²) in [5.74, 6) is 1.46. The first kappa shape index (κ1) is 16.8. The van der Waals surface area contributed by atoms with E-state index in [0.717, 1.165) is 31.0 Å². The second-order valence-electron chi connectivity index (χ2n) is 5.36. The minimum atomic E-state index is -0.165. The van der Waals surface area contributed by atoms with Crippen LogP contribution in [-0.2, 0) is 0 Å². The number of methoxy groups -OCH3 is 1. The van der Waals surface area contributed by atoms with E-state index in [1.54, 1.807) is 37.6 Å². The highest BCUT2D eigenvalue weighted by atomic mass is 16.5. The maximum atomic E-state index is 12.2. The van der Waals surface area contributed by atoms with Gasteiger partial charge in [0, 0.05) is 19.2 Å². The van der Waals surface area contributed by atoms with Crippen LogP contribution in [0.5, 0.6) is 5.75 Å². The van der Waals surface area contributed by atoms with E-state index < -0.39 is 0 Å². The molecule has 0 unspecified atom stereocenters. The van der Waals surface area contributed by atoms with Crippen molar-refractivity contribution in [1.82, 2.24) is 4.98 Å². The molecule has 0 saturated carbocycles. The Morgan fingerprint density at radius 1 is 1.22 bits per heavy atom. The standard InChI is InChI=1S/C18H23N3O2/c1-4-5-12-21(2)17-11-8-15(13-19-17)20-18(22)14-6-9-16(23-3)10-7-14/h6-11,13H,4-5,12H2,1-3H3,(H,20,22). The van der Waals surface area contributed by atoms with Gasteiger partial charge in [-0.3, -0.25) is 4.79 Å². The summed E-state index contributed by atoms with van der Waals surface area (Å²) in [5, 5.41) is 2.84. The number of ether oxygens (including phenoxy) is 1. The molecule has 1 amide bonds. The average Bonchev–Trinajstić information content (AvgIpc) is 2.60. The van der Waals surface area contributed by atoms with Crippen molar-refractivity contribution in [3.8, 4) is 5.75 Å². The zero-order chi connectivity index (χ0) is 16.7. The SMILES string of the molecule is CCCCN(C)c1ccc(NC(=O)c2ccc(OC)cc2)cn1. The van der Waals surface area contributed by atoms with E-state index in [2.05, 4.69) is 22.1 Å². The molecule has 1 aromatic heterocycles. The Morgan fingerprint density at radius 3 is 2.52 bits per heavy atom. The van der Waals surface area contributed by atoms with Gasteiger partial charge in [-0.25, -0.2) is 4.98 Å². The van der Waals surface area contributed by atoms with Crippen LogP contribution in [0, 0.1) is 0 Å². The van der Waals surface area contributed by atoms with E-state index in [0.29, 0.717) is 11.3 Å². The summed E-state index contributed by atoms with van der Waals surface area (Å²) < 4.78 is 5.08. The van der Waals surface area contributed by atoms with Gasteiger partial charge in [0.2, 0.25) is 0 Å². The van der Waals surface area contributed by atoms with Crippen LogP contribution in [0.2, 0.25) is 0 Å². The van der Waals surface area contributed by atoms with E-state index >= 15 is 0 Å². The van der Waals surface area contributed by atoms with Crippen molar-refractivity contribution in [3.05, 3.63) is 48.2 Å². The van der Waals surface area contributed by atoms with E-state index in [-0.39, 0.29) is 5.91 Å². The van der Waals surface area contributed by atoms with Gasteiger partial charge in [-0.05, 0) is 42.8 Å². The molecule has 0 atom stereocenters. The molecule has 0 radical (unpaired) electrons. The summed E-state index contributed by atoms with van der Waals surface area (Å²) in [7, 11) is 3.62. The summed E-state index contributed by atoms with van der Waals surface area (Å²) in [6.07, 6.45) is 3.97. The lowest BCUT2D eigenvalue weighted by Crippen LogP contribution is -2.19. The first-order valence-electron chi connectivity index (χ1n) is 7.76. The number of unbranched alkanes of at least 4 members (excludes halogenated alkanes) is 1. The van der Waals surface area contributed by atoms with Gasteiger partial charge < -0.3 is 15.0 Å². The Bertz CT molecular complexity index is 624. The molecule has 122 valence electrons. The van der Waals surface area contributed by atoms with Crippen LogP contribution in [-0.4, -0.2) is 31.6 Å². The van der Waals surface area contributed by atoms with Crippen molar-refractivity contribution in [3.63, 3.8) is 0 Å². The summed E-state index contributed by atoms with van der Waals surface area (Å²) in [4.78, 5) is 18.7. The van der Waals surface area contributed by atoms with Gasteiger partial charge in [-0.1, -0.05) is 13.3 Å². The fourth-order valence-electron chi connectivity index (χ4n) is 2.14. The van der Waals surface area contributed by atoms with Crippen molar-refractivity contribution in [2.24, 2.45) is 0 Å². The van der Waals surface area contributed by atoms with E-state index in [1.807, 2.05) is 19.2 Å². The Hall–Kier alpha value is -2.56. The third-order valence-electron chi connectivity index (χ3n) is 3.60. The summed E-state index contributed by atoms with van der Waals surface area (Å²) in [6, 6.07) is 10.8. The second kappa shape index (κ2) is 8.17. The van der Waals surface area contributed by atoms with Gasteiger partial charge in [0.1, 0.15) is 11.6 Å². The Kier molecular flexibility index (Phi) is 5.97. The van der Waals surface area contributed by atoms with Crippen LogP contribution < -0.4 is 15.0 Å². The van der Waals surface area contributed by atoms with Crippen molar-refractivity contribution in [2.75, 3.05) is 30.9 Å². The third-order valence-corrected chi connectivity index (χ3v) is 3.60. The van der Waals surface area contributed by atoms with Gasteiger partial charge in [0.25, 0.3) is 5.91 Å². The number of carbonyl (C=O) groups is 1. The number of hydrogen-bond donors (Lipinski definition) is 1. The van der Waals surface area contributed by atoms with Crippen LogP contribution in [0.25, 0.3) is 0 Å². The molecule has 0 fully saturated rings. The van der Waals surface area contributed by atoms with Gasteiger partial charge >= 0.3 is 0 Å². The average molecular weight is 313 g/mol. The maximum Gasteiger partial charge on any atom is 0.255 e. The quantitative estimate of drug-likeness (QED) is 0.849. The minimum Gasteiger partial charge on any atom is -0.497 e. The maximum absolute atomic E-state index is 12.2. The molecule has 0 aliphatic rings. The highest BCUT2D eigenvalue weighted by Crippen LogP contribution is 2.16. The molecule has 0 spiro atoms. The number of carbonyl (C=O) groups excluding carboxylic acids is 1. The fourth-order valence-corrected chi connectivity index (χ4v) is 2.14. The Morgan fingerprint density at radius 2 is 1.96 bits per heavy atom. The first-order valence-corrected chi connectivity index (χ1v) is 7.76. The van der Waals surface area contributed by atoms with Gasteiger partial charge in [-0.2, -0.15) is 0 Å². The Balaban J connectivity index is 1.98. The lowest BCUT2D eigenvalue weighted by Gasteiger charge is -2.17. The molecule has 1 N–H and O–H groups in total. The topological polar surface area (TPSA) is 54.5 Å². The zero-order valence-corrected chi connectivity index (χ0v) is 13.9. The molecule has 23 heavy (non-hydrogen) atoms. The van der Waals surface area contributed by atoms with Crippen LogP contribution in [0.4, 0.5) is 11.5 Å². The molecule has 0 aliphatic heterocycles. The number of amides is 1. The highest BCUT2D eigenvalue weighted by Gasteiger charge is 2.07. The van der Waals surface area contributed by atoms with E-state index in [4.69, 9.17) is 4.74 Å². The van der Waals surface area contributed by atoms with Gasteiger partial charge in [0.15, 0.2) is 0 Å². The van der Waals surface area contributed by atoms with Gasteiger partial charge in [0.05, 0.1) is 19.0 Å². The summed E-state index contributed by atoms with van der Waals surface area (Å²) >= 11 is 0. The molecular formula is C18H23N3O2. The van der Waals surface area contributed by atoms with Crippen molar-refractivity contribution in [1.29, 1.82) is 0 Å².